The lowest BCUT2D eigenvalue weighted by Crippen LogP contribution is -2.30. The van der Waals surface area contributed by atoms with Gasteiger partial charge in [-0.05, 0) is 32.6 Å². The van der Waals surface area contributed by atoms with E-state index in [1.165, 1.54) is 6.07 Å². The van der Waals surface area contributed by atoms with Gasteiger partial charge in [0.15, 0.2) is 0 Å². The molecule has 0 aromatic heterocycles. The smallest absolute Gasteiger partial charge is 0.328 e. The standard InChI is InChI=1S/C18H20FNO2/c1-13(14-9-5-4-6-10-14)22-18(21)17(20(2)3)15-11-7-8-12-16(15)19/h4-13,17H,1-3H3/t13-,17?/m0/s1. The van der Waals surface area contributed by atoms with Gasteiger partial charge in [0.1, 0.15) is 18.0 Å². The van der Waals surface area contributed by atoms with E-state index >= 15 is 0 Å². The van der Waals surface area contributed by atoms with Crippen molar-refractivity contribution in [3.8, 4) is 0 Å². The fraction of sp³-hybridized carbons (Fsp3) is 0.278. The third-order valence-electron chi connectivity index (χ3n) is 3.50. The molecule has 0 bridgehead atoms. The zero-order valence-corrected chi connectivity index (χ0v) is 13.0. The molecule has 0 aliphatic heterocycles. The molecule has 3 nitrogen and oxygen atoms in total. The van der Waals surface area contributed by atoms with Crippen molar-refractivity contribution in [2.75, 3.05) is 14.1 Å². The molecule has 2 atom stereocenters. The number of hydrogen-bond donors (Lipinski definition) is 0. The van der Waals surface area contributed by atoms with Crippen LogP contribution in [0.2, 0.25) is 0 Å². The van der Waals surface area contributed by atoms with Crippen LogP contribution < -0.4 is 0 Å². The summed E-state index contributed by atoms with van der Waals surface area (Å²) in [5.41, 5.74) is 1.22. The number of likely N-dealkylation sites (N-methyl/N-ethyl adjacent to an activating group) is 1. The molecule has 0 heterocycles. The predicted octanol–water partition coefficient (Wildman–Crippen LogP) is 3.73. The SMILES string of the molecule is C[C@H](OC(=O)C(c1ccccc1F)N(C)C)c1ccccc1. The number of hydrogen-bond acceptors (Lipinski definition) is 3. The van der Waals surface area contributed by atoms with Crippen LogP contribution in [-0.2, 0) is 9.53 Å². The maximum absolute atomic E-state index is 14.0. The second-order valence-corrected chi connectivity index (χ2v) is 5.38. The molecule has 0 N–H and O–H groups in total. The predicted molar refractivity (Wildman–Crippen MR) is 83.8 cm³/mol. The number of halogens is 1. The Morgan fingerprint density at radius 1 is 1.05 bits per heavy atom. The van der Waals surface area contributed by atoms with Crippen LogP contribution in [0.1, 0.15) is 30.2 Å². The zero-order chi connectivity index (χ0) is 16.1. The van der Waals surface area contributed by atoms with Crippen molar-refractivity contribution in [3.63, 3.8) is 0 Å². The highest BCUT2D eigenvalue weighted by Crippen LogP contribution is 2.26. The van der Waals surface area contributed by atoms with E-state index in [2.05, 4.69) is 0 Å². The van der Waals surface area contributed by atoms with Crippen LogP contribution in [0, 0.1) is 5.82 Å². The highest BCUT2D eigenvalue weighted by molar-refractivity contribution is 5.78. The number of ether oxygens (including phenoxy) is 1. The molecular weight excluding hydrogens is 281 g/mol. The number of esters is 1. The Hall–Kier alpha value is -2.20. The maximum atomic E-state index is 14.0. The van der Waals surface area contributed by atoms with E-state index in [4.69, 9.17) is 4.74 Å². The van der Waals surface area contributed by atoms with Crippen LogP contribution in [0.3, 0.4) is 0 Å². The van der Waals surface area contributed by atoms with Gasteiger partial charge in [0.05, 0.1) is 0 Å². The molecule has 0 radical (unpaired) electrons. The number of nitrogens with zero attached hydrogens (tertiary/aromatic N) is 1. The number of benzene rings is 2. The maximum Gasteiger partial charge on any atom is 0.328 e. The molecule has 0 aliphatic rings. The fourth-order valence-electron chi connectivity index (χ4n) is 2.34. The summed E-state index contributed by atoms with van der Waals surface area (Å²) in [5.74, 6) is -0.878. The summed E-state index contributed by atoms with van der Waals surface area (Å²) in [4.78, 5) is 14.1. The summed E-state index contributed by atoms with van der Waals surface area (Å²) in [6.45, 7) is 1.81. The second kappa shape index (κ2) is 7.18. The molecular formula is C18H20FNO2. The largest absolute Gasteiger partial charge is 0.456 e. The van der Waals surface area contributed by atoms with Crippen molar-refractivity contribution >= 4 is 5.97 Å². The van der Waals surface area contributed by atoms with E-state index in [0.717, 1.165) is 5.56 Å². The summed E-state index contributed by atoms with van der Waals surface area (Å²) < 4.78 is 19.5. The van der Waals surface area contributed by atoms with Gasteiger partial charge in [-0.2, -0.15) is 0 Å². The van der Waals surface area contributed by atoms with E-state index in [0.29, 0.717) is 5.56 Å². The van der Waals surface area contributed by atoms with Gasteiger partial charge in [-0.25, -0.2) is 9.18 Å². The third-order valence-corrected chi connectivity index (χ3v) is 3.50. The van der Waals surface area contributed by atoms with Crippen LogP contribution in [0.5, 0.6) is 0 Å². The average Bonchev–Trinajstić information content (AvgIpc) is 2.50. The molecule has 1 unspecified atom stereocenters. The van der Waals surface area contributed by atoms with Gasteiger partial charge in [0.2, 0.25) is 0 Å². The minimum Gasteiger partial charge on any atom is -0.456 e. The molecule has 4 heteroatoms. The van der Waals surface area contributed by atoms with Gasteiger partial charge in [0, 0.05) is 5.56 Å². The lowest BCUT2D eigenvalue weighted by molar-refractivity contribution is -0.154. The van der Waals surface area contributed by atoms with E-state index in [1.54, 1.807) is 44.1 Å². The van der Waals surface area contributed by atoms with Gasteiger partial charge in [-0.15, -0.1) is 0 Å². The zero-order valence-electron chi connectivity index (χ0n) is 13.0. The van der Waals surface area contributed by atoms with Crippen molar-refractivity contribution in [2.24, 2.45) is 0 Å². The Morgan fingerprint density at radius 3 is 2.23 bits per heavy atom. The Balaban J connectivity index is 2.19. The Morgan fingerprint density at radius 2 is 1.64 bits per heavy atom. The van der Waals surface area contributed by atoms with Crippen molar-refractivity contribution in [2.45, 2.75) is 19.1 Å². The topological polar surface area (TPSA) is 29.5 Å². The van der Waals surface area contributed by atoms with E-state index in [-0.39, 0.29) is 6.10 Å². The van der Waals surface area contributed by atoms with E-state index < -0.39 is 17.8 Å². The fourth-order valence-corrected chi connectivity index (χ4v) is 2.34. The molecule has 2 aromatic rings. The first-order valence-corrected chi connectivity index (χ1v) is 7.17. The van der Waals surface area contributed by atoms with Crippen LogP contribution in [-0.4, -0.2) is 25.0 Å². The van der Waals surface area contributed by atoms with Crippen LogP contribution in [0.15, 0.2) is 54.6 Å². The van der Waals surface area contributed by atoms with Gasteiger partial charge < -0.3 is 4.74 Å². The first-order valence-electron chi connectivity index (χ1n) is 7.17. The molecule has 0 saturated carbocycles. The molecule has 116 valence electrons. The first kappa shape index (κ1) is 16.2. The lowest BCUT2D eigenvalue weighted by atomic mass is 10.1. The van der Waals surface area contributed by atoms with E-state index in [9.17, 15) is 9.18 Å². The summed E-state index contributed by atoms with van der Waals surface area (Å²) >= 11 is 0. The number of carbonyl (C=O) groups excluding carboxylic acids is 1. The van der Waals surface area contributed by atoms with Gasteiger partial charge >= 0.3 is 5.97 Å². The lowest BCUT2D eigenvalue weighted by Gasteiger charge is -2.25. The Labute approximate surface area is 130 Å². The van der Waals surface area contributed by atoms with Crippen LogP contribution in [0.25, 0.3) is 0 Å². The van der Waals surface area contributed by atoms with Gasteiger partial charge in [0.25, 0.3) is 0 Å². The molecule has 0 spiro atoms. The monoisotopic (exact) mass is 301 g/mol. The Bertz CT molecular complexity index is 628. The second-order valence-electron chi connectivity index (χ2n) is 5.38. The van der Waals surface area contributed by atoms with Gasteiger partial charge in [-0.3, -0.25) is 4.90 Å². The number of carbonyl (C=O) groups is 1. The summed E-state index contributed by atoms with van der Waals surface area (Å²) in [5, 5.41) is 0. The summed E-state index contributed by atoms with van der Waals surface area (Å²) in [6, 6.07) is 15.0. The Kier molecular flexibility index (Phi) is 5.28. The van der Waals surface area contributed by atoms with Crippen LogP contribution in [0.4, 0.5) is 4.39 Å². The van der Waals surface area contributed by atoms with E-state index in [1.807, 2.05) is 30.3 Å². The van der Waals surface area contributed by atoms with Crippen molar-refractivity contribution < 1.29 is 13.9 Å². The molecule has 2 aromatic carbocycles. The molecule has 2 rings (SSSR count). The molecule has 0 saturated heterocycles. The minimum absolute atomic E-state index is 0.317. The first-order chi connectivity index (χ1) is 10.5. The minimum atomic E-state index is -0.771. The van der Waals surface area contributed by atoms with Crippen molar-refractivity contribution in [1.29, 1.82) is 0 Å². The summed E-state index contributed by atoms with van der Waals surface area (Å²) in [6.07, 6.45) is -0.386. The molecule has 0 aliphatic carbocycles. The molecule has 0 amide bonds. The highest BCUT2D eigenvalue weighted by atomic mass is 19.1. The average molecular weight is 301 g/mol. The third kappa shape index (κ3) is 3.71. The quantitative estimate of drug-likeness (QED) is 0.788. The highest BCUT2D eigenvalue weighted by Gasteiger charge is 2.28. The number of rotatable bonds is 5. The molecule has 22 heavy (non-hydrogen) atoms. The summed E-state index contributed by atoms with van der Waals surface area (Å²) in [7, 11) is 3.46. The van der Waals surface area contributed by atoms with Crippen molar-refractivity contribution in [1.82, 2.24) is 4.90 Å². The van der Waals surface area contributed by atoms with Gasteiger partial charge in [-0.1, -0.05) is 48.5 Å². The normalized spacial score (nSPS) is 13.7. The molecule has 0 fully saturated rings. The van der Waals surface area contributed by atoms with Crippen LogP contribution >= 0.6 is 0 Å². The van der Waals surface area contributed by atoms with Crippen molar-refractivity contribution in [3.05, 3.63) is 71.5 Å².